The molecule has 0 saturated carbocycles. The zero-order valence-corrected chi connectivity index (χ0v) is 12.8. The van der Waals surface area contributed by atoms with Crippen molar-refractivity contribution < 1.29 is 13.9 Å². The SMILES string of the molecule is CCc1cc(CC(O)c2ccc(F)c(F)c2Br)n(C)n1. The van der Waals surface area contributed by atoms with Crippen molar-refractivity contribution in [1.29, 1.82) is 0 Å². The molecule has 0 radical (unpaired) electrons. The molecule has 2 aromatic rings. The summed E-state index contributed by atoms with van der Waals surface area (Å²) in [6, 6.07) is 4.29. The van der Waals surface area contributed by atoms with Crippen molar-refractivity contribution in [2.75, 3.05) is 0 Å². The first-order chi connectivity index (χ1) is 9.43. The second-order valence-corrected chi connectivity index (χ2v) is 5.38. The van der Waals surface area contributed by atoms with Crippen LogP contribution in [0.2, 0.25) is 0 Å². The zero-order chi connectivity index (χ0) is 14.9. The molecule has 0 fully saturated rings. The lowest BCUT2D eigenvalue weighted by Crippen LogP contribution is -2.08. The summed E-state index contributed by atoms with van der Waals surface area (Å²) in [6.07, 6.45) is 0.158. The van der Waals surface area contributed by atoms with E-state index in [-0.39, 0.29) is 10.9 Å². The van der Waals surface area contributed by atoms with Gasteiger partial charge in [-0.05, 0) is 40.0 Å². The van der Waals surface area contributed by atoms with Gasteiger partial charge in [-0.15, -0.1) is 0 Å². The number of halogens is 3. The van der Waals surface area contributed by atoms with Crippen molar-refractivity contribution in [2.45, 2.75) is 25.9 Å². The normalized spacial score (nSPS) is 12.7. The molecule has 0 aliphatic carbocycles. The molecule has 1 heterocycles. The summed E-state index contributed by atoms with van der Waals surface area (Å²) >= 11 is 2.98. The van der Waals surface area contributed by atoms with E-state index in [0.29, 0.717) is 5.56 Å². The molecular formula is C14H15BrF2N2O. The van der Waals surface area contributed by atoms with E-state index in [1.54, 1.807) is 11.7 Å². The number of rotatable bonds is 4. The molecule has 108 valence electrons. The number of hydrogen-bond acceptors (Lipinski definition) is 2. The Kier molecular flexibility index (Phi) is 4.55. The fourth-order valence-corrected chi connectivity index (χ4v) is 2.63. The molecular weight excluding hydrogens is 330 g/mol. The van der Waals surface area contributed by atoms with Crippen molar-refractivity contribution in [1.82, 2.24) is 9.78 Å². The maximum absolute atomic E-state index is 13.5. The van der Waals surface area contributed by atoms with E-state index in [1.165, 1.54) is 6.07 Å². The van der Waals surface area contributed by atoms with Crippen LogP contribution in [0, 0.1) is 11.6 Å². The van der Waals surface area contributed by atoms with Gasteiger partial charge in [-0.1, -0.05) is 13.0 Å². The molecule has 0 bridgehead atoms. The van der Waals surface area contributed by atoms with Crippen LogP contribution in [0.25, 0.3) is 0 Å². The molecule has 0 aliphatic rings. The highest BCUT2D eigenvalue weighted by molar-refractivity contribution is 9.10. The van der Waals surface area contributed by atoms with E-state index in [9.17, 15) is 13.9 Å². The van der Waals surface area contributed by atoms with Crippen LogP contribution in [0.3, 0.4) is 0 Å². The summed E-state index contributed by atoms with van der Waals surface area (Å²) in [5, 5.41) is 14.5. The van der Waals surface area contributed by atoms with Gasteiger partial charge in [-0.25, -0.2) is 8.78 Å². The van der Waals surface area contributed by atoms with Gasteiger partial charge in [-0.3, -0.25) is 4.68 Å². The monoisotopic (exact) mass is 344 g/mol. The van der Waals surface area contributed by atoms with Crippen LogP contribution in [0.15, 0.2) is 22.7 Å². The van der Waals surface area contributed by atoms with Gasteiger partial charge >= 0.3 is 0 Å². The first-order valence-electron chi connectivity index (χ1n) is 6.27. The second-order valence-electron chi connectivity index (χ2n) is 4.59. The Morgan fingerprint density at radius 1 is 1.40 bits per heavy atom. The van der Waals surface area contributed by atoms with Crippen molar-refractivity contribution in [2.24, 2.45) is 7.05 Å². The summed E-state index contributed by atoms with van der Waals surface area (Å²) in [7, 11) is 1.79. The number of aromatic nitrogens is 2. The molecule has 0 amide bonds. The molecule has 1 aromatic carbocycles. The van der Waals surface area contributed by atoms with Gasteiger partial charge in [0.15, 0.2) is 11.6 Å². The third kappa shape index (κ3) is 2.91. The second kappa shape index (κ2) is 6.01. The van der Waals surface area contributed by atoms with E-state index in [1.807, 2.05) is 13.0 Å². The molecule has 1 unspecified atom stereocenters. The highest BCUT2D eigenvalue weighted by Gasteiger charge is 2.19. The Bertz CT molecular complexity index is 628. The van der Waals surface area contributed by atoms with Gasteiger partial charge in [0.05, 0.1) is 16.3 Å². The molecule has 0 saturated heterocycles. The largest absolute Gasteiger partial charge is 0.388 e. The van der Waals surface area contributed by atoms with Crippen LogP contribution in [-0.4, -0.2) is 14.9 Å². The van der Waals surface area contributed by atoms with Gasteiger partial charge in [0.1, 0.15) is 0 Å². The fourth-order valence-electron chi connectivity index (χ4n) is 2.04. The maximum Gasteiger partial charge on any atom is 0.173 e. The van der Waals surface area contributed by atoms with E-state index in [2.05, 4.69) is 21.0 Å². The minimum Gasteiger partial charge on any atom is -0.388 e. The lowest BCUT2D eigenvalue weighted by Gasteiger charge is -2.13. The lowest BCUT2D eigenvalue weighted by molar-refractivity contribution is 0.174. The lowest BCUT2D eigenvalue weighted by atomic mass is 10.0. The number of benzene rings is 1. The molecule has 1 atom stereocenters. The summed E-state index contributed by atoms with van der Waals surface area (Å²) in [4.78, 5) is 0. The first-order valence-corrected chi connectivity index (χ1v) is 7.06. The molecule has 2 rings (SSSR count). The van der Waals surface area contributed by atoms with Gasteiger partial charge in [-0.2, -0.15) is 5.10 Å². The Morgan fingerprint density at radius 3 is 2.70 bits per heavy atom. The Balaban J connectivity index is 2.26. The summed E-state index contributed by atoms with van der Waals surface area (Å²) in [6.45, 7) is 1.99. The average Bonchev–Trinajstić information content (AvgIpc) is 2.76. The smallest absolute Gasteiger partial charge is 0.173 e. The third-order valence-electron chi connectivity index (χ3n) is 3.22. The predicted octanol–water partition coefficient (Wildman–Crippen LogP) is 3.30. The first kappa shape index (κ1) is 15.1. The molecule has 1 aromatic heterocycles. The molecule has 1 N–H and O–H groups in total. The standard InChI is InChI=1S/C14H15BrF2N2O/c1-3-8-6-9(19(2)18-8)7-12(20)10-4-5-11(16)14(17)13(10)15/h4-6,12,20H,3,7H2,1-2H3. The van der Waals surface area contributed by atoms with Crippen LogP contribution in [-0.2, 0) is 19.9 Å². The van der Waals surface area contributed by atoms with Crippen molar-refractivity contribution in [3.8, 4) is 0 Å². The van der Waals surface area contributed by atoms with Crippen LogP contribution in [0.1, 0.15) is 30.0 Å². The molecule has 0 spiro atoms. The summed E-state index contributed by atoms with van der Waals surface area (Å²) < 4.78 is 28.2. The summed E-state index contributed by atoms with van der Waals surface area (Å²) in [5.41, 5.74) is 2.09. The molecule has 0 aliphatic heterocycles. The van der Waals surface area contributed by atoms with Crippen LogP contribution >= 0.6 is 15.9 Å². The summed E-state index contributed by atoms with van der Waals surface area (Å²) in [5.74, 6) is -1.93. The van der Waals surface area contributed by atoms with Gasteiger partial charge in [0, 0.05) is 19.2 Å². The number of aliphatic hydroxyl groups excluding tert-OH is 1. The van der Waals surface area contributed by atoms with Crippen LogP contribution in [0.4, 0.5) is 8.78 Å². The highest BCUT2D eigenvalue weighted by atomic mass is 79.9. The van der Waals surface area contributed by atoms with E-state index in [0.717, 1.165) is 23.9 Å². The number of nitrogens with zero attached hydrogens (tertiary/aromatic N) is 2. The van der Waals surface area contributed by atoms with Gasteiger partial charge in [0.2, 0.25) is 0 Å². The zero-order valence-electron chi connectivity index (χ0n) is 11.2. The minimum atomic E-state index is -0.985. The Hall–Kier alpha value is -1.27. The average molecular weight is 345 g/mol. The van der Waals surface area contributed by atoms with E-state index >= 15 is 0 Å². The van der Waals surface area contributed by atoms with Gasteiger partial charge < -0.3 is 5.11 Å². The van der Waals surface area contributed by atoms with Crippen LogP contribution in [0.5, 0.6) is 0 Å². The quantitative estimate of drug-likeness (QED) is 0.864. The Labute approximate surface area is 124 Å². The number of aryl methyl sites for hydroxylation is 2. The van der Waals surface area contributed by atoms with Crippen LogP contribution < -0.4 is 0 Å². The van der Waals surface area contributed by atoms with E-state index < -0.39 is 17.7 Å². The highest BCUT2D eigenvalue weighted by Crippen LogP contribution is 2.29. The van der Waals surface area contributed by atoms with E-state index in [4.69, 9.17) is 0 Å². The molecule has 6 heteroatoms. The predicted molar refractivity (Wildman–Crippen MR) is 75.3 cm³/mol. The van der Waals surface area contributed by atoms with Crippen molar-refractivity contribution >= 4 is 15.9 Å². The maximum atomic E-state index is 13.5. The van der Waals surface area contributed by atoms with Crippen molar-refractivity contribution in [3.63, 3.8) is 0 Å². The van der Waals surface area contributed by atoms with Gasteiger partial charge in [0.25, 0.3) is 0 Å². The molecule has 3 nitrogen and oxygen atoms in total. The molecule has 20 heavy (non-hydrogen) atoms. The third-order valence-corrected chi connectivity index (χ3v) is 4.02. The van der Waals surface area contributed by atoms with Crippen molar-refractivity contribution in [3.05, 3.63) is 51.3 Å². The Morgan fingerprint density at radius 2 is 2.10 bits per heavy atom. The fraction of sp³-hybridized carbons (Fsp3) is 0.357. The number of hydrogen-bond donors (Lipinski definition) is 1. The minimum absolute atomic E-state index is 0.0390. The topological polar surface area (TPSA) is 38.0 Å². The number of aliphatic hydroxyl groups is 1.